The van der Waals surface area contributed by atoms with Crippen LogP contribution in [0.15, 0.2) is 48.7 Å². The van der Waals surface area contributed by atoms with E-state index >= 15 is 0 Å². The number of nitro groups is 1. The summed E-state index contributed by atoms with van der Waals surface area (Å²) in [6.07, 6.45) is 2.19. The topological polar surface area (TPSA) is 110 Å². The standard InChI is InChI=1S/C20H18ClN5O4S/c21-15-5-2-13(3-6-15)19-25(18(27)12-31-19)20(28)22-8-1-9-24-17-10-16(26(29)30)7-4-14(17)11-23-24/h2-7,10-11,19H,1,8-9,12H2,(H,22,28). The Hall–Kier alpha value is -3.11. The van der Waals surface area contributed by atoms with Crippen LogP contribution >= 0.6 is 23.4 Å². The molecule has 1 fully saturated rings. The van der Waals surface area contributed by atoms with Crippen LogP contribution in [0.4, 0.5) is 10.5 Å². The number of amides is 3. The number of non-ortho nitro benzene ring substituents is 1. The molecule has 2 aromatic carbocycles. The molecule has 0 aliphatic carbocycles. The van der Waals surface area contributed by atoms with Crippen LogP contribution in [0.5, 0.6) is 0 Å². The van der Waals surface area contributed by atoms with Crippen molar-refractivity contribution < 1.29 is 14.5 Å². The van der Waals surface area contributed by atoms with Gasteiger partial charge in [-0.05, 0) is 30.2 Å². The number of urea groups is 1. The van der Waals surface area contributed by atoms with E-state index in [0.717, 1.165) is 10.9 Å². The maximum absolute atomic E-state index is 12.7. The Balaban J connectivity index is 1.36. The molecule has 160 valence electrons. The van der Waals surface area contributed by atoms with E-state index in [1.165, 1.54) is 28.8 Å². The van der Waals surface area contributed by atoms with Gasteiger partial charge in [-0.1, -0.05) is 23.7 Å². The number of hydrogen-bond donors (Lipinski definition) is 1. The molecular formula is C20H18ClN5O4S. The minimum absolute atomic E-state index is 0.000778. The van der Waals surface area contributed by atoms with Crippen molar-refractivity contribution in [2.24, 2.45) is 0 Å². The number of aryl methyl sites for hydroxylation is 1. The van der Waals surface area contributed by atoms with Gasteiger partial charge in [-0.2, -0.15) is 5.10 Å². The Morgan fingerprint density at radius 2 is 2.06 bits per heavy atom. The van der Waals surface area contributed by atoms with Gasteiger partial charge in [0.1, 0.15) is 5.37 Å². The summed E-state index contributed by atoms with van der Waals surface area (Å²) in [7, 11) is 0. The number of nitro benzene ring substituents is 1. The first-order chi connectivity index (χ1) is 14.9. The van der Waals surface area contributed by atoms with E-state index < -0.39 is 11.0 Å². The lowest BCUT2D eigenvalue weighted by Gasteiger charge is -2.22. The van der Waals surface area contributed by atoms with Crippen molar-refractivity contribution in [1.29, 1.82) is 0 Å². The van der Waals surface area contributed by atoms with Crippen LogP contribution in [0.1, 0.15) is 17.4 Å². The lowest BCUT2D eigenvalue weighted by atomic mass is 10.2. The molecule has 3 amide bonds. The summed E-state index contributed by atoms with van der Waals surface area (Å²) in [5, 5.41) is 19.1. The third-order valence-corrected chi connectivity index (χ3v) is 6.37. The number of aromatic nitrogens is 2. The zero-order valence-corrected chi connectivity index (χ0v) is 17.8. The molecule has 1 aliphatic rings. The number of fused-ring (bicyclic) bond motifs is 1. The van der Waals surface area contributed by atoms with Crippen molar-refractivity contribution in [3.05, 3.63) is 69.4 Å². The Bertz CT molecular complexity index is 1150. The number of carbonyl (C=O) groups excluding carboxylic acids is 2. The molecule has 1 unspecified atom stereocenters. The number of imide groups is 1. The predicted molar refractivity (Wildman–Crippen MR) is 118 cm³/mol. The highest BCUT2D eigenvalue weighted by Gasteiger charge is 2.37. The Morgan fingerprint density at radius 3 is 2.81 bits per heavy atom. The SMILES string of the molecule is O=C1CSC(c2ccc(Cl)cc2)N1C(=O)NCCCn1ncc2ccc([N+](=O)[O-])cc21. The van der Waals surface area contributed by atoms with Gasteiger partial charge in [-0.15, -0.1) is 11.8 Å². The third-order valence-electron chi connectivity index (χ3n) is 4.90. The second-order valence-corrected chi connectivity index (χ2v) is 8.44. The quantitative estimate of drug-likeness (QED) is 0.339. The predicted octanol–water partition coefficient (Wildman–Crippen LogP) is 3.97. The van der Waals surface area contributed by atoms with Gasteiger partial charge in [0, 0.05) is 35.6 Å². The molecule has 1 saturated heterocycles. The first-order valence-electron chi connectivity index (χ1n) is 9.51. The average Bonchev–Trinajstić information content (AvgIpc) is 3.34. The molecule has 31 heavy (non-hydrogen) atoms. The van der Waals surface area contributed by atoms with Crippen LogP contribution in [0, 0.1) is 10.1 Å². The molecule has 2 heterocycles. The minimum Gasteiger partial charge on any atom is -0.338 e. The number of benzene rings is 2. The van der Waals surface area contributed by atoms with Crippen molar-refractivity contribution in [2.45, 2.75) is 18.3 Å². The number of nitrogens with zero attached hydrogens (tertiary/aromatic N) is 4. The molecule has 0 bridgehead atoms. The van der Waals surface area contributed by atoms with Gasteiger partial charge >= 0.3 is 6.03 Å². The molecule has 1 atom stereocenters. The molecule has 3 aromatic rings. The zero-order chi connectivity index (χ0) is 22.0. The molecule has 1 aliphatic heterocycles. The number of nitrogens with one attached hydrogen (secondary N) is 1. The van der Waals surface area contributed by atoms with E-state index in [0.29, 0.717) is 30.0 Å². The lowest BCUT2D eigenvalue weighted by molar-refractivity contribution is -0.384. The molecule has 9 nitrogen and oxygen atoms in total. The number of hydrogen-bond acceptors (Lipinski definition) is 6. The second kappa shape index (κ2) is 8.94. The minimum atomic E-state index is -0.448. The van der Waals surface area contributed by atoms with Crippen molar-refractivity contribution >= 4 is 51.9 Å². The van der Waals surface area contributed by atoms with Crippen LogP contribution in [0.2, 0.25) is 5.02 Å². The smallest absolute Gasteiger partial charge is 0.325 e. The average molecular weight is 460 g/mol. The number of carbonyl (C=O) groups is 2. The molecule has 0 radical (unpaired) electrons. The maximum Gasteiger partial charge on any atom is 0.325 e. The normalized spacial score (nSPS) is 16.1. The van der Waals surface area contributed by atoms with Crippen LogP contribution in [-0.2, 0) is 11.3 Å². The summed E-state index contributed by atoms with van der Waals surface area (Å²) in [6.45, 7) is 0.797. The molecule has 0 saturated carbocycles. The number of rotatable bonds is 6. The Labute approximate surface area is 186 Å². The fourth-order valence-electron chi connectivity index (χ4n) is 3.38. The lowest BCUT2D eigenvalue weighted by Crippen LogP contribution is -2.42. The van der Waals surface area contributed by atoms with Crippen LogP contribution in [0.25, 0.3) is 10.9 Å². The Kier molecular flexibility index (Phi) is 6.10. The van der Waals surface area contributed by atoms with Crippen molar-refractivity contribution in [1.82, 2.24) is 20.0 Å². The second-order valence-electron chi connectivity index (χ2n) is 6.93. The van der Waals surface area contributed by atoms with Gasteiger partial charge in [0.2, 0.25) is 5.91 Å². The van der Waals surface area contributed by atoms with E-state index in [4.69, 9.17) is 11.6 Å². The van der Waals surface area contributed by atoms with Crippen molar-refractivity contribution in [3.8, 4) is 0 Å². The van der Waals surface area contributed by atoms with Crippen LogP contribution < -0.4 is 5.32 Å². The fraction of sp³-hybridized carbons (Fsp3) is 0.250. The third kappa shape index (κ3) is 4.49. The first-order valence-corrected chi connectivity index (χ1v) is 10.9. The van der Waals surface area contributed by atoms with Crippen LogP contribution in [-0.4, -0.2) is 43.8 Å². The van der Waals surface area contributed by atoms with E-state index in [2.05, 4.69) is 10.4 Å². The van der Waals surface area contributed by atoms with E-state index in [-0.39, 0.29) is 22.7 Å². The van der Waals surface area contributed by atoms with Gasteiger partial charge in [0.15, 0.2) is 0 Å². The Morgan fingerprint density at radius 1 is 1.29 bits per heavy atom. The molecule has 11 heteroatoms. The van der Waals surface area contributed by atoms with Gasteiger partial charge in [0.25, 0.3) is 5.69 Å². The van der Waals surface area contributed by atoms with E-state index in [9.17, 15) is 19.7 Å². The van der Waals surface area contributed by atoms with Gasteiger partial charge < -0.3 is 5.32 Å². The van der Waals surface area contributed by atoms with Crippen molar-refractivity contribution in [3.63, 3.8) is 0 Å². The van der Waals surface area contributed by atoms with Gasteiger partial charge in [-0.3, -0.25) is 19.6 Å². The summed E-state index contributed by atoms with van der Waals surface area (Å²) >= 11 is 7.32. The van der Waals surface area contributed by atoms with Gasteiger partial charge in [-0.25, -0.2) is 9.69 Å². The first kappa shape index (κ1) is 21.1. The fourth-order valence-corrected chi connectivity index (χ4v) is 4.65. The number of thioether (sulfide) groups is 1. The largest absolute Gasteiger partial charge is 0.338 e. The van der Waals surface area contributed by atoms with Crippen LogP contribution in [0.3, 0.4) is 0 Å². The molecule has 1 aromatic heterocycles. The van der Waals surface area contributed by atoms with Crippen molar-refractivity contribution in [2.75, 3.05) is 12.3 Å². The zero-order valence-electron chi connectivity index (χ0n) is 16.2. The highest BCUT2D eigenvalue weighted by molar-refractivity contribution is 8.00. The van der Waals surface area contributed by atoms with Gasteiger partial charge in [0.05, 0.1) is 22.4 Å². The summed E-state index contributed by atoms with van der Waals surface area (Å²) in [5.41, 5.74) is 1.50. The maximum atomic E-state index is 12.7. The summed E-state index contributed by atoms with van der Waals surface area (Å²) in [4.78, 5) is 36.7. The number of halogens is 1. The monoisotopic (exact) mass is 459 g/mol. The summed E-state index contributed by atoms with van der Waals surface area (Å²) in [5.74, 6) is -0.00786. The molecule has 0 spiro atoms. The molecule has 4 rings (SSSR count). The van der Waals surface area contributed by atoms with E-state index in [1.807, 2.05) is 0 Å². The highest BCUT2D eigenvalue weighted by atomic mass is 35.5. The summed E-state index contributed by atoms with van der Waals surface area (Å²) in [6, 6.07) is 11.2. The summed E-state index contributed by atoms with van der Waals surface area (Å²) < 4.78 is 1.67. The highest BCUT2D eigenvalue weighted by Crippen LogP contribution is 2.38. The molecule has 1 N–H and O–H groups in total. The molecular weight excluding hydrogens is 442 g/mol. The van der Waals surface area contributed by atoms with E-state index in [1.54, 1.807) is 41.2 Å².